The third kappa shape index (κ3) is 3.93. The van der Waals surface area contributed by atoms with Gasteiger partial charge >= 0.3 is 0 Å². The van der Waals surface area contributed by atoms with Crippen molar-refractivity contribution in [1.29, 1.82) is 0 Å². The number of fused-ring (bicyclic) bond motifs is 1. The lowest BCUT2D eigenvalue weighted by atomic mass is 10.1. The lowest BCUT2D eigenvalue weighted by molar-refractivity contribution is -0.117. The van der Waals surface area contributed by atoms with E-state index in [1.807, 2.05) is 49.4 Å². The maximum absolute atomic E-state index is 12.1. The Balaban J connectivity index is 1.63. The van der Waals surface area contributed by atoms with Crippen LogP contribution < -0.4 is 14.8 Å². The summed E-state index contributed by atoms with van der Waals surface area (Å²) in [4.78, 5) is 12.1. The predicted octanol–water partition coefficient (Wildman–Crippen LogP) is 4.07. The van der Waals surface area contributed by atoms with Gasteiger partial charge in [-0.05, 0) is 48.4 Å². The summed E-state index contributed by atoms with van der Waals surface area (Å²) in [6.07, 6.45) is 3.32. The number of halogens is 1. The highest BCUT2D eigenvalue weighted by atomic mass is 79.9. The Hall–Kier alpha value is -2.27. The summed E-state index contributed by atoms with van der Waals surface area (Å²) in [6, 6.07) is 13.3. The molecule has 1 N–H and O–H groups in total. The van der Waals surface area contributed by atoms with E-state index in [0.29, 0.717) is 5.75 Å². The van der Waals surface area contributed by atoms with Crippen molar-refractivity contribution in [2.24, 2.45) is 0 Å². The Labute approximate surface area is 143 Å². The zero-order valence-electron chi connectivity index (χ0n) is 12.6. The Morgan fingerprint density at radius 3 is 2.87 bits per heavy atom. The zero-order valence-corrected chi connectivity index (χ0v) is 14.2. The van der Waals surface area contributed by atoms with Crippen LogP contribution in [-0.2, 0) is 4.79 Å². The fourth-order valence-electron chi connectivity index (χ4n) is 2.31. The van der Waals surface area contributed by atoms with Gasteiger partial charge in [-0.15, -0.1) is 0 Å². The number of benzene rings is 2. The molecule has 1 aliphatic heterocycles. The number of rotatable bonds is 4. The maximum Gasteiger partial charge on any atom is 0.244 e. The van der Waals surface area contributed by atoms with Gasteiger partial charge in [-0.1, -0.05) is 34.1 Å². The minimum absolute atomic E-state index is 0.121. The first-order chi connectivity index (χ1) is 11.1. The summed E-state index contributed by atoms with van der Waals surface area (Å²) < 4.78 is 11.6. The number of ether oxygens (including phenoxy) is 2. The van der Waals surface area contributed by atoms with Crippen molar-refractivity contribution in [3.63, 3.8) is 0 Å². The molecule has 0 saturated heterocycles. The molecule has 1 amide bonds. The molecule has 0 fully saturated rings. The number of carbonyl (C=O) groups is 1. The Morgan fingerprint density at radius 1 is 1.22 bits per heavy atom. The first kappa shape index (κ1) is 15.6. The molecule has 1 atom stereocenters. The van der Waals surface area contributed by atoms with Crippen LogP contribution in [0.1, 0.15) is 24.1 Å². The summed E-state index contributed by atoms with van der Waals surface area (Å²) in [6.45, 7) is 2.18. The highest BCUT2D eigenvalue weighted by molar-refractivity contribution is 9.10. The van der Waals surface area contributed by atoms with E-state index in [2.05, 4.69) is 21.2 Å². The van der Waals surface area contributed by atoms with Gasteiger partial charge in [0, 0.05) is 10.5 Å². The SMILES string of the molecule is CC(NC(=O)C=Cc1cccc(Br)c1)c1ccc2c(c1)OCO2. The van der Waals surface area contributed by atoms with E-state index < -0.39 is 0 Å². The van der Waals surface area contributed by atoms with Gasteiger partial charge in [0.15, 0.2) is 11.5 Å². The summed E-state index contributed by atoms with van der Waals surface area (Å²) >= 11 is 3.41. The van der Waals surface area contributed by atoms with Crippen LogP contribution >= 0.6 is 15.9 Å². The highest BCUT2D eigenvalue weighted by Gasteiger charge is 2.16. The first-order valence-corrected chi connectivity index (χ1v) is 8.05. The van der Waals surface area contributed by atoms with Gasteiger partial charge in [-0.3, -0.25) is 4.79 Å². The quantitative estimate of drug-likeness (QED) is 0.821. The fraction of sp³-hybridized carbons (Fsp3) is 0.167. The number of amides is 1. The molecule has 0 aromatic heterocycles. The standard InChI is InChI=1S/C18H16BrNO3/c1-12(14-6-7-16-17(10-14)23-11-22-16)20-18(21)8-5-13-3-2-4-15(19)9-13/h2-10,12H,11H2,1H3,(H,20,21). The Kier molecular flexibility index (Phi) is 4.67. The van der Waals surface area contributed by atoms with Gasteiger partial charge in [-0.2, -0.15) is 0 Å². The van der Waals surface area contributed by atoms with Crippen molar-refractivity contribution in [3.05, 3.63) is 64.1 Å². The second-order valence-corrected chi connectivity index (χ2v) is 6.15. The van der Waals surface area contributed by atoms with Crippen molar-refractivity contribution in [1.82, 2.24) is 5.32 Å². The molecule has 3 rings (SSSR count). The van der Waals surface area contributed by atoms with Crippen molar-refractivity contribution >= 4 is 27.9 Å². The predicted molar refractivity (Wildman–Crippen MR) is 92.3 cm³/mol. The molecule has 4 nitrogen and oxygen atoms in total. The van der Waals surface area contributed by atoms with E-state index in [1.54, 1.807) is 6.08 Å². The number of carbonyl (C=O) groups excluding carboxylic acids is 1. The van der Waals surface area contributed by atoms with E-state index in [0.717, 1.165) is 21.3 Å². The molecular weight excluding hydrogens is 358 g/mol. The molecule has 0 radical (unpaired) electrons. The van der Waals surface area contributed by atoms with Crippen LogP contribution in [0.5, 0.6) is 11.5 Å². The summed E-state index contributed by atoms with van der Waals surface area (Å²) in [5.41, 5.74) is 1.93. The van der Waals surface area contributed by atoms with E-state index in [9.17, 15) is 4.79 Å². The van der Waals surface area contributed by atoms with Crippen molar-refractivity contribution in [2.45, 2.75) is 13.0 Å². The van der Waals surface area contributed by atoms with E-state index in [1.165, 1.54) is 6.08 Å². The first-order valence-electron chi connectivity index (χ1n) is 7.25. The molecular formula is C18H16BrNO3. The average Bonchev–Trinajstić information content (AvgIpc) is 3.00. The van der Waals surface area contributed by atoms with Crippen LogP contribution in [0, 0.1) is 0 Å². The van der Waals surface area contributed by atoms with E-state index >= 15 is 0 Å². The maximum atomic E-state index is 12.1. The number of hydrogen-bond acceptors (Lipinski definition) is 3. The summed E-state index contributed by atoms with van der Waals surface area (Å²) in [7, 11) is 0. The van der Waals surface area contributed by atoms with Crippen LogP contribution in [0.3, 0.4) is 0 Å². The van der Waals surface area contributed by atoms with Crippen LogP contribution in [0.4, 0.5) is 0 Å². The minimum Gasteiger partial charge on any atom is -0.454 e. The van der Waals surface area contributed by atoms with E-state index in [4.69, 9.17) is 9.47 Å². The molecule has 2 aromatic rings. The smallest absolute Gasteiger partial charge is 0.244 e. The second kappa shape index (κ2) is 6.87. The molecule has 0 saturated carbocycles. The molecule has 1 aliphatic rings. The number of nitrogens with one attached hydrogen (secondary N) is 1. The van der Waals surface area contributed by atoms with Gasteiger partial charge in [0.05, 0.1) is 6.04 Å². The highest BCUT2D eigenvalue weighted by Crippen LogP contribution is 2.34. The second-order valence-electron chi connectivity index (χ2n) is 5.23. The van der Waals surface area contributed by atoms with Gasteiger partial charge in [0.2, 0.25) is 12.7 Å². The normalized spacial score (nSPS) is 14.0. The van der Waals surface area contributed by atoms with Crippen LogP contribution in [0.25, 0.3) is 6.08 Å². The van der Waals surface area contributed by atoms with Gasteiger partial charge in [-0.25, -0.2) is 0 Å². The average molecular weight is 374 g/mol. The third-order valence-electron chi connectivity index (χ3n) is 3.53. The van der Waals surface area contributed by atoms with Crippen LogP contribution in [-0.4, -0.2) is 12.7 Å². The molecule has 1 unspecified atom stereocenters. The monoisotopic (exact) mass is 373 g/mol. The van der Waals surface area contributed by atoms with Crippen LogP contribution in [0.15, 0.2) is 53.0 Å². The summed E-state index contributed by atoms with van der Waals surface area (Å²) in [5, 5.41) is 2.94. The molecule has 5 heteroatoms. The molecule has 118 valence electrons. The fourth-order valence-corrected chi connectivity index (χ4v) is 2.73. The Bertz CT molecular complexity index is 758. The number of hydrogen-bond donors (Lipinski definition) is 1. The minimum atomic E-state index is -0.143. The molecule has 2 aromatic carbocycles. The van der Waals surface area contributed by atoms with Crippen LogP contribution in [0.2, 0.25) is 0 Å². The summed E-state index contributed by atoms with van der Waals surface area (Å²) in [5.74, 6) is 1.31. The third-order valence-corrected chi connectivity index (χ3v) is 4.02. The molecule has 1 heterocycles. The molecule has 0 spiro atoms. The van der Waals surface area contributed by atoms with Crippen molar-refractivity contribution < 1.29 is 14.3 Å². The van der Waals surface area contributed by atoms with Crippen molar-refractivity contribution in [2.75, 3.05) is 6.79 Å². The lowest BCUT2D eigenvalue weighted by Gasteiger charge is -2.13. The van der Waals surface area contributed by atoms with Gasteiger partial charge in [0.1, 0.15) is 0 Å². The Morgan fingerprint density at radius 2 is 2.04 bits per heavy atom. The molecule has 0 bridgehead atoms. The molecule has 0 aliphatic carbocycles. The van der Waals surface area contributed by atoms with Crippen molar-refractivity contribution in [3.8, 4) is 11.5 Å². The molecule has 23 heavy (non-hydrogen) atoms. The lowest BCUT2D eigenvalue weighted by Crippen LogP contribution is -2.24. The van der Waals surface area contributed by atoms with Gasteiger partial charge < -0.3 is 14.8 Å². The van der Waals surface area contributed by atoms with Gasteiger partial charge in [0.25, 0.3) is 0 Å². The largest absolute Gasteiger partial charge is 0.454 e. The zero-order chi connectivity index (χ0) is 16.2. The topological polar surface area (TPSA) is 47.6 Å². The van der Waals surface area contributed by atoms with E-state index in [-0.39, 0.29) is 18.7 Å².